The van der Waals surface area contributed by atoms with Crippen molar-refractivity contribution in [1.29, 1.82) is 0 Å². The van der Waals surface area contributed by atoms with Gasteiger partial charge in [0.05, 0.1) is 11.7 Å². The lowest BCUT2D eigenvalue weighted by Crippen LogP contribution is -2.20. The topological polar surface area (TPSA) is 42.7 Å². The summed E-state index contributed by atoms with van der Waals surface area (Å²) in [5.41, 5.74) is 4.56. The summed E-state index contributed by atoms with van der Waals surface area (Å²) < 4.78 is 1.91. The molecule has 0 aliphatic rings. The molecule has 1 atom stereocenters. The van der Waals surface area contributed by atoms with Gasteiger partial charge in [-0.2, -0.15) is 5.10 Å². The molecule has 4 heteroatoms. The van der Waals surface area contributed by atoms with Gasteiger partial charge in [0.2, 0.25) is 0 Å². The van der Waals surface area contributed by atoms with Gasteiger partial charge in [-0.1, -0.05) is 24.3 Å². The highest BCUT2D eigenvalue weighted by molar-refractivity contribution is 5.78. The van der Waals surface area contributed by atoms with Crippen molar-refractivity contribution in [3.63, 3.8) is 0 Å². The summed E-state index contributed by atoms with van der Waals surface area (Å²) in [7, 11) is 3.96. The molecule has 0 saturated carbocycles. The van der Waals surface area contributed by atoms with Gasteiger partial charge in [0.1, 0.15) is 0 Å². The Morgan fingerprint density at radius 3 is 2.71 bits per heavy atom. The van der Waals surface area contributed by atoms with Crippen LogP contribution < -0.4 is 5.32 Å². The van der Waals surface area contributed by atoms with E-state index in [0.717, 1.165) is 17.6 Å². The van der Waals surface area contributed by atoms with Crippen molar-refractivity contribution in [3.05, 3.63) is 59.5 Å². The third kappa shape index (κ3) is 2.67. The van der Waals surface area contributed by atoms with Crippen LogP contribution in [-0.4, -0.2) is 21.8 Å². The van der Waals surface area contributed by atoms with Crippen LogP contribution in [0.4, 0.5) is 0 Å². The molecule has 4 nitrogen and oxygen atoms in total. The molecule has 2 aromatic heterocycles. The van der Waals surface area contributed by atoms with Gasteiger partial charge in [-0.3, -0.25) is 9.67 Å². The van der Waals surface area contributed by atoms with E-state index in [-0.39, 0.29) is 6.04 Å². The fourth-order valence-electron chi connectivity index (χ4n) is 2.66. The zero-order valence-corrected chi connectivity index (χ0v) is 12.7. The molecule has 0 spiro atoms. The van der Waals surface area contributed by atoms with E-state index in [1.54, 1.807) is 0 Å². The van der Waals surface area contributed by atoms with Crippen molar-refractivity contribution >= 4 is 10.9 Å². The first kappa shape index (κ1) is 13.8. The van der Waals surface area contributed by atoms with E-state index in [1.165, 1.54) is 16.6 Å². The molecule has 108 valence electrons. The van der Waals surface area contributed by atoms with Crippen molar-refractivity contribution in [2.45, 2.75) is 19.4 Å². The summed E-state index contributed by atoms with van der Waals surface area (Å²) in [6.07, 6.45) is 2.80. The second kappa shape index (κ2) is 5.66. The first-order chi connectivity index (χ1) is 10.2. The molecule has 1 unspecified atom stereocenters. The Morgan fingerprint density at radius 2 is 2.00 bits per heavy atom. The van der Waals surface area contributed by atoms with Crippen molar-refractivity contribution in [2.75, 3.05) is 7.05 Å². The molecule has 21 heavy (non-hydrogen) atoms. The van der Waals surface area contributed by atoms with Crippen LogP contribution in [0, 0.1) is 6.92 Å². The molecule has 0 aliphatic heterocycles. The van der Waals surface area contributed by atoms with Crippen LogP contribution in [-0.2, 0) is 13.5 Å². The average Bonchev–Trinajstić information content (AvgIpc) is 2.84. The van der Waals surface area contributed by atoms with Crippen molar-refractivity contribution in [3.8, 4) is 0 Å². The predicted octanol–water partition coefficient (Wildman–Crippen LogP) is 2.78. The molecule has 1 aromatic carbocycles. The van der Waals surface area contributed by atoms with E-state index < -0.39 is 0 Å². The summed E-state index contributed by atoms with van der Waals surface area (Å²) in [6.45, 7) is 2.10. The fourth-order valence-corrected chi connectivity index (χ4v) is 2.66. The number of nitrogens with zero attached hydrogens (tertiary/aromatic N) is 3. The monoisotopic (exact) mass is 280 g/mol. The quantitative estimate of drug-likeness (QED) is 0.799. The molecule has 0 aliphatic carbocycles. The number of likely N-dealkylation sites (N-methyl/N-ethyl adjacent to an activating group) is 1. The Labute approximate surface area is 124 Å². The van der Waals surface area contributed by atoms with Crippen LogP contribution >= 0.6 is 0 Å². The van der Waals surface area contributed by atoms with Gasteiger partial charge in [-0.25, -0.2) is 0 Å². The first-order valence-corrected chi connectivity index (χ1v) is 7.19. The Balaban J connectivity index is 1.90. The van der Waals surface area contributed by atoms with E-state index in [4.69, 9.17) is 4.98 Å². The molecule has 3 rings (SSSR count). The first-order valence-electron chi connectivity index (χ1n) is 7.19. The van der Waals surface area contributed by atoms with Gasteiger partial charge in [-0.05, 0) is 26.1 Å². The molecule has 3 aromatic rings. The lowest BCUT2D eigenvalue weighted by atomic mass is 10.0. The molecule has 0 bridgehead atoms. The minimum atomic E-state index is 0.229. The SMILES string of the molecule is CNC(Cc1ccc2ccccc2n1)c1cnn(C)c1C. The number of fused-ring (bicyclic) bond motifs is 1. The number of para-hydroxylation sites is 1. The molecule has 2 heterocycles. The number of hydrogen-bond acceptors (Lipinski definition) is 3. The van der Waals surface area contributed by atoms with Crippen LogP contribution in [0.15, 0.2) is 42.6 Å². The van der Waals surface area contributed by atoms with Gasteiger partial charge in [0.25, 0.3) is 0 Å². The number of hydrogen-bond donors (Lipinski definition) is 1. The average molecular weight is 280 g/mol. The number of nitrogens with one attached hydrogen (secondary N) is 1. The Kier molecular flexibility index (Phi) is 3.71. The van der Waals surface area contributed by atoms with Crippen molar-refractivity contribution in [2.24, 2.45) is 7.05 Å². The van der Waals surface area contributed by atoms with Gasteiger partial charge < -0.3 is 5.32 Å². The van der Waals surface area contributed by atoms with Crippen LogP contribution in [0.5, 0.6) is 0 Å². The van der Waals surface area contributed by atoms with Crippen LogP contribution in [0.25, 0.3) is 10.9 Å². The summed E-state index contributed by atoms with van der Waals surface area (Å²) in [5, 5.41) is 8.89. The highest BCUT2D eigenvalue weighted by atomic mass is 15.3. The summed E-state index contributed by atoms with van der Waals surface area (Å²) in [6, 6.07) is 12.7. The molecule has 0 saturated heterocycles. The molecular formula is C17H20N4. The van der Waals surface area contributed by atoms with Crippen molar-refractivity contribution < 1.29 is 0 Å². The number of aryl methyl sites for hydroxylation is 1. The van der Waals surface area contributed by atoms with Gasteiger partial charge in [0, 0.05) is 41.8 Å². The maximum Gasteiger partial charge on any atom is 0.0705 e. The lowest BCUT2D eigenvalue weighted by molar-refractivity contribution is 0.580. The molecule has 0 amide bonds. The van der Waals surface area contributed by atoms with Gasteiger partial charge in [0.15, 0.2) is 0 Å². The number of benzene rings is 1. The molecule has 0 radical (unpaired) electrons. The normalized spacial score (nSPS) is 12.7. The second-order valence-corrected chi connectivity index (χ2v) is 5.35. The summed E-state index contributed by atoms with van der Waals surface area (Å²) >= 11 is 0. The number of rotatable bonds is 4. The highest BCUT2D eigenvalue weighted by Gasteiger charge is 2.16. The second-order valence-electron chi connectivity index (χ2n) is 5.35. The number of aromatic nitrogens is 3. The highest BCUT2D eigenvalue weighted by Crippen LogP contribution is 2.21. The lowest BCUT2D eigenvalue weighted by Gasteiger charge is -2.16. The maximum atomic E-state index is 4.76. The third-order valence-electron chi connectivity index (χ3n) is 4.07. The molecule has 1 N–H and O–H groups in total. The Morgan fingerprint density at radius 1 is 1.19 bits per heavy atom. The molecular weight excluding hydrogens is 260 g/mol. The molecule has 0 fully saturated rings. The van der Waals surface area contributed by atoms with Crippen LogP contribution in [0.3, 0.4) is 0 Å². The largest absolute Gasteiger partial charge is 0.313 e. The van der Waals surface area contributed by atoms with E-state index >= 15 is 0 Å². The smallest absolute Gasteiger partial charge is 0.0705 e. The minimum Gasteiger partial charge on any atom is -0.313 e. The minimum absolute atomic E-state index is 0.229. The van der Waals surface area contributed by atoms with Gasteiger partial charge >= 0.3 is 0 Å². The Bertz CT molecular complexity index is 760. The summed E-state index contributed by atoms with van der Waals surface area (Å²) in [5.74, 6) is 0. The van der Waals surface area contributed by atoms with E-state index in [0.29, 0.717) is 0 Å². The Hall–Kier alpha value is -2.20. The maximum absolute atomic E-state index is 4.76. The summed E-state index contributed by atoms with van der Waals surface area (Å²) in [4.78, 5) is 4.76. The predicted molar refractivity (Wildman–Crippen MR) is 85.2 cm³/mol. The fraction of sp³-hybridized carbons (Fsp3) is 0.294. The van der Waals surface area contributed by atoms with Crippen LogP contribution in [0.2, 0.25) is 0 Å². The van der Waals surface area contributed by atoms with E-state index in [2.05, 4.69) is 41.6 Å². The standard InChI is InChI=1S/C17H20N4/c1-12-15(11-19-21(12)3)17(18-2)10-14-9-8-13-6-4-5-7-16(13)20-14/h4-9,11,17-18H,10H2,1-3H3. The van der Waals surface area contributed by atoms with E-state index in [1.807, 2.05) is 37.1 Å². The van der Waals surface area contributed by atoms with Crippen LogP contribution in [0.1, 0.15) is 23.0 Å². The number of pyridine rings is 1. The third-order valence-corrected chi connectivity index (χ3v) is 4.07. The zero-order chi connectivity index (χ0) is 14.8. The van der Waals surface area contributed by atoms with Gasteiger partial charge in [-0.15, -0.1) is 0 Å². The zero-order valence-electron chi connectivity index (χ0n) is 12.7. The van der Waals surface area contributed by atoms with Crippen molar-refractivity contribution in [1.82, 2.24) is 20.1 Å². The van der Waals surface area contributed by atoms with E-state index in [9.17, 15) is 0 Å².